The fraction of sp³-hybridized carbons (Fsp3) is 0.200. The molecule has 1 heterocycles. The molecular weight excluding hydrogens is 192 g/mol. The Kier molecular flexibility index (Phi) is 3.01. The van der Waals surface area contributed by atoms with Gasteiger partial charge in [0.2, 0.25) is 5.13 Å². The Labute approximate surface area is 78.5 Å². The number of nitrogens with one attached hydrogen (secondary N) is 1. The van der Waals surface area contributed by atoms with Crippen molar-refractivity contribution in [3.63, 3.8) is 0 Å². The molecule has 0 amide bonds. The number of aromatic nitrogens is 1. The molecule has 1 aromatic rings. The number of ether oxygens (including phenoxy) is 1. The lowest BCUT2D eigenvalue weighted by molar-refractivity contribution is 0.288. The number of rotatable bonds is 3. The van der Waals surface area contributed by atoms with Crippen molar-refractivity contribution in [1.29, 1.82) is 5.41 Å². The highest BCUT2D eigenvalue weighted by molar-refractivity contribution is 7.15. The van der Waals surface area contributed by atoms with E-state index in [-0.39, 0.29) is 12.6 Å². The average Bonchev–Trinajstić information content (AvgIpc) is 2.48. The van der Waals surface area contributed by atoms with Crippen molar-refractivity contribution in [2.75, 3.05) is 5.12 Å². The zero-order valence-corrected chi connectivity index (χ0v) is 7.54. The number of hydrazine groups is 2. The summed E-state index contributed by atoms with van der Waals surface area (Å²) in [6.07, 6.45) is 1.57. The van der Waals surface area contributed by atoms with E-state index >= 15 is 0 Å². The van der Waals surface area contributed by atoms with Gasteiger partial charge in [-0.15, -0.1) is 0 Å². The van der Waals surface area contributed by atoms with Crippen LogP contribution in [-0.2, 0) is 11.3 Å². The molecule has 0 aromatic carbocycles. The molecule has 0 saturated carbocycles. The van der Waals surface area contributed by atoms with Crippen molar-refractivity contribution in [3.8, 4) is 0 Å². The van der Waals surface area contributed by atoms with Gasteiger partial charge in [0.15, 0.2) is 0 Å². The quantitative estimate of drug-likeness (QED) is 0.218. The first kappa shape index (κ1) is 9.71. The standard InChI is InChI=1S/C5H10N6OS/c6-4(7)12-2-3-1-10-5(13-3)11(8)9/h1H,2,8-9H2,(H3,6,7). The molecule has 1 rings (SSSR count). The molecule has 0 atom stereocenters. The number of hydrogen-bond donors (Lipinski definition) is 4. The molecular formula is C5H10N6OS. The zero-order valence-electron chi connectivity index (χ0n) is 6.73. The molecule has 13 heavy (non-hydrogen) atoms. The van der Waals surface area contributed by atoms with Crippen LogP contribution < -0.4 is 22.5 Å². The van der Waals surface area contributed by atoms with E-state index in [2.05, 4.69) is 4.98 Å². The molecule has 0 aliphatic heterocycles. The minimum atomic E-state index is -0.327. The minimum absolute atomic E-state index is 0.209. The molecule has 0 aliphatic carbocycles. The van der Waals surface area contributed by atoms with E-state index in [9.17, 15) is 0 Å². The third-order valence-corrected chi connectivity index (χ3v) is 2.12. The van der Waals surface area contributed by atoms with Crippen molar-refractivity contribution in [3.05, 3.63) is 11.1 Å². The monoisotopic (exact) mass is 202 g/mol. The van der Waals surface area contributed by atoms with Gasteiger partial charge in [-0.2, -0.15) is 0 Å². The topological polar surface area (TPSA) is 127 Å². The summed E-state index contributed by atoms with van der Waals surface area (Å²) in [7, 11) is 0. The van der Waals surface area contributed by atoms with Gasteiger partial charge in [0.05, 0.1) is 4.88 Å². The minimum Gasteiger partial charge on any atom is -0.460 e. The zero-order chi connectivity index (χ0) is 9.84. The van der Waals surface area contributed by atoms with Gasteiger partial charge >= 0.3 is 0 Å². The normalized spacial score (nSPS) is 9.69. The van der Waals surface area contributed by atoms with E-state index in [0.717, 1.165) is 10.00 Å². The van der Waals surface area contributed by atoms with Crippen LogP contribution in [0.25, 0.3) is 0 Å². The van der Waals surface area contributed by atoms with Crippen LogP contribution in [0.15, 0.2) is 6.20 Å². The lowest BCUT2D eigenvalue weighted by atomic mass is 10.6. The summed E-state index contributed by atoms with van der Waals surface area (Å²) in [6, 6.07) is -0.327. The molecule has 1 aromatic heterocycles. The molecule has 0 spiro atoms. The fourth-order valence-corrected chi connectivity index (χ4v) is 1.30. The number of thiazole rings is 1. The van der Waals surface area contributed by atoms with Crippen LogP contribution in [0, 0.1) is 5.41 Å². The SMILES string of the molecule is N=C(N)OCc1cnc(N(N)N)s1. The lowest BCUT2D eigenvalue weighted by Gasteiger charge is -2.04. The third-order valence-electron chi connectivity index (χ3n) is 1.13. The fourth-order valence-electron chi connectivity index (χ4n) is 0.632. The van der Waals surface area contributed by atoms with Crippen molar-refractivity contribution >= 4 is 22.5 Å². The van der Waals surface area contributed by atoms with Gasteiger partial charge in [0, 0.05) is 6.20 Å². The molecule has 0 aliphatic rings. The molecule has 8 heteroatoms. The summed E-state index contributed by atoms with van der Waals surface area (Å²) in [4.78, 5) is 4.69. The first-order valence-electron chi connectivity index (χ1n) is 3.30. The number of anilines is 1. The maximum Gasteiger partial charge on any atom is 0.279 e. The number of hydrogen-bond acceptors (Lipinski definition) is 7. The first-order chi connectivity index (χ1) is 6.09. The van der Waals surface area contributed by atoms with Gasteiger partial charge in [-0.05, 0) is 0 Å². The Hall–Kier alpha value is -1.38. The average molecular weight is 202 g/mol. The van der Waals surface area contributed by atoms with Gasteiger partial charge in [0.25, 0.3) is 6.02 Å². The summed E-state index contributed by atoms with van der Waals surface area (Å²) in [6.45, 7) is 0.209. The predicted molar refractivity (Wildman–Crippen MR) is 49.7 cm³/mol. The second-order valence-electron chi connectivity index (χ2n) is 2.17. The van der Waals surface area contributed by atoms with Crippen LogP contribution in [0.5, 0.6) is 0 Å². The molecule has 7 N–H and O–H groups in total. The Morgan fingerprint density at radius 2 is 2.38 bits per heavy atom. The molecule has 0 radical (unpaired) electrons. The molecule has 0 unspecified atom stereocenters. The van der Waals surface area contributed by atoms with Crippen molar-refractivity contribution in [2.45, 2.75) is 6.61 Å². The van der Waals surface area contributed by atoms with Crippen molar-refractivity contribution in [2.24, 2.45) is 17.4 Å². The number of nitrogens with zero attached hydrogens (tertiary/aromatic N) is 2. The molecule has 0 saturated heterocycles. The second-order valence-corrected chi connectivity index (χ2v) is 3.26. The van der Waals surface area contributed by atoms with Crippen LogP contribution in [0.3, 0.4) is 0 Å². The summed E-state index contributed by atoms with van der Waals surface area (Å²) >= 11 is 1.27. The van der Waals surface area contributed by atoms with Gasteiger partial charge in [-0.1, -0.05) is 11.3 Å². The maximum absolute atomic E-state index is 6.81. The van der Waals surface area contributed by atoms with Gasteiger partial charge in [-0.3, -0.25) is 5.41 Å². The largest absolute Gasteiger partial charge is 0.460 e. The molecule has 7 nitrogen and oxygen atoms in total. The van der Waals surface area contributed by atoms with Crippen LogP contribution in [-0.4, -0.2) is 11.0 Å². The summed E-state index contributed by atoms with van der Waals surface area (Å²) in [5.74, 6) is 10.5. The van der Waals surface area contributed by atoms with E-state index in [4.69, 9.17) is 27.6 Å². The van der Waals surface area contributed by atoms with E-state index < -0.39 is 0 Å². The van der Waals surface area contributed by atoms with Gasteiger partial charge in [-0.25, -0.2) is 21.8 Å². The highest BCUT2D eigenvalue weighted by atomic mass is 32.1. The van der Waals surface area contributed by atoms with Crippen LogP contribution >= 0.6 is 11.3 Å². The Balaban J connectivity index is 2.54. The Morgan fingerprint density at radius 1 is 1.69 bits per heavy atom. The predicted octanol–water partition coefficient (Wildman–Crippen LogP) is -0.893. The molecule has 0 fully saturated rings. The van der Waals surface area contributed by atoms with E-state index in [1.54, 1.807) is 6.20 Å². The molecule has 0 bridgehead atoms. The highest BCUT2D eigenvalue weighted by Crippen LogP contribution is 2.19. The van der Waals surface area contributed by atoms with Crippen molar-refractivity contribution < 1.29 is 4.74 Å². The maximum atomic E-state index is 6.81. The van der Waals surface area contributed by atoms with Gasteiger partial charge in [0.1, 0.15) is 6.61 Å². The first-order valence-corrected chi connectivity index (χ1v) is 4.12. The van der Waals surface area contributed by atoms with Crippen LogP contribution in [0.4, 0.5) is 5.13 Å². The second kappa shape index (κ2) is 4.03. The van der Waals surface area contributed by atoms with E-state index in [1.165, 1.54) is 11.3 Å². The van der Waals surface area contributed by atoms with Crippen molar-refractivity contribution in [1.82, 2.24) is 4.98 Å². The smallest absolute Gasteiger partial charge is 0.279 e. The lowest BCUT2D eigenvalue weighted by Crippen LogP contribution is -2.37. The number of amidine groups is 1. The van der Waals surface area contributed by atoms with E-state index in [1.807, 2.05) is 0 Å². The molecule has 72 valence electrons. The highest BCUT2D eigenvalue weighted by Gasteiger charge is 2.04. The number of nitrogens with two attached hydrogens (primary N) is 3. The third kappa shape index (κ3) is 2.86. The summed E-state index contributed by atoms with van der Waals surface area (Å²) in [5, 5.41) is 8.21. The Morgan fingerprint density at radius 3 is 2.85 bits per heavy atom. The summed E-state index contributed by atoms with van der Waals surface area (Å²) < 4.78 is 4.75. The van der Waals surface area contributed by atoms with Gasteiger partial charge < -0.3 is 10.5 Å². The summed E-state index contributed by atoms with van der Waals surface area (Å²) in [5.41, 5.74) is 4.99. The Bertz CT molecular complexity index is 297. The van der Waals surface area contributed by atoms with Crippen LogP contribution in [0.1, 0.15) is 4.88 Å². The van der Waals surface area contributed by atoms with Crippen LogP contribution in [0.2, 0.25) is 0 Å². The van der Waals surface area contributed by atoms with E-state index in [0.29, 0.717) is 5.13 Å².